The minimum atomic E-state index is -0.307. The number of ether oxygens (including phenoxy) is 2. The van der Waals surface area contributed by atoms with Crippen molar-refractivity contribution in [1.82, 2.24) is 4.90 Å². The van der Waals surface area contributed by atoms with Crippen LogP contribution < -0.4 is 14.8 Å². The molecule has 2 amide bonds. The van der Waals surface area contributed by atoms with Crippen molar-refractivity contribution in [2.45, 2.75) is 13.3 Å². The minimum Gasteiger partial charge on any atom is -0.495 e. The van der Waals surface area contributed by atoms with Gasteiger partial charge in [0.2, 0.25) is 5.91 Å². The zero-order valence-corrected chi connectivity index (χ0v) is 17.4. The number of nitrogens with one attached hydrogen (secondary N) is 1. The molecular weight excluding hydrogens is 412 g/mol. The normalized spacial score (nSPS) is 10.3. The highest BCUT2D eigenvalue weighted by Gasteiger charge is 2.19. The molecule has 0 saturated heterocycles. The Bertz CT molecular complexity index is 813. The Kier molecular flexibility index (Phi) is 7.24. The van der Waals surface area contributed by atoms with Crippen molar-refractivity contribution in [1.29, 1.82) is 0 Å². The van der Waals surface area contributed by atoms with Crippen LogP contribution in [0.15, 0.2) is 40.9 Å². The largest absolute Gasteiger partial charge is 0.495 e. The van der Waals surface area contributed by atoms with E-state index in [-0.39, 0.29) is 18.4 Å². The average Bonchev–Trinajstić information content (AvgIpc) is 2.67. The Labute approximate surface area is 167 Å². The van der Waals surface area contributed by atoms with Crippen molar-refractivity contribution < 1.29 is 19.1 Å². The number of aryl methyl sites for hydroxylation is 1. The molecule has 0 atom stereocenters. The zero-order valence-electron chi connectivity index (χ0n) is 15.8. The third kappa shape index (κ3) is 5.01. The van der Waals surface area contributed by atoms with Gasteiger partial charge < -0.3 is 19.7 Å². The van der Waals surface area contributed by atoms with Crippen molar-refractivity contribution >= 4 is 33.4 Å². The lowest BCUT2D eigenvalue weighted by atomic mass is 10.1. The van der Waals surface area contributed by atoms with Gasteiger partial charge in [0.1, 0.15) is 16.0 Å². The molecule has 2 aromatic rings. The first-order valence-electron chi connectivity index (χ1n) is 8.46. The topological polar surface area (TPSA) is 67.9 Å². The van der Waals surface area contributed by atoms with Crippen LogP contribution in [0, 0.1) is 0 Å². The van der Waals surface area contributed by atoms with Gasteiger partial charge in [-0.15, -0.1) is 0 Å². The number of amides is 2. The lowest BCUT2D eigenvalue weighted by Crippen LogP contribution is -2.35. The van der Waals surface area contributed by atoms with E-state index in [1.54, 1.807) is 19.2 Å². The van der Waals surface area contributed by atoms with Gasteiger partial charge in [-0.3, -0.25) is 9.59 Å². The molecule has 0 aliphatic rings. The van der Waals surface area contributed by atoms with Gasteiger partial charge in [0.05, 0.1) is 20.8 Å². The fraction of sp³-hybridized carbons (Fsp3) is 0.300. The number of benzene rings is 2. The molecule has 0 bridgehead atoms. The number of likely N-dealkylation sites (N-methyl/N-ethyl adjacent to an activating group) is 1. The molecule has 27 heavy (non-hydrogen) atoms. The van der Waals surface area contributed by atoms with Gasteiger partial charge >= 0.3 is 0 Å². The number of hydrogen-bond donors (Lipinski definition) is 1. The predicted octanol–water partition coefficient (Wildman–Crippen LogP) is 3.74. The first-order valence-corrected chi connectivity index (χ1v) is 9.25. The van der Waals surface area contributed by atoms with Crippen LogP contribution in [-0.2, 0) is 11.2 Å². The Morgan fingerprint density at radius 3 is 2.26 bits per heavy atom. The van der Waals surface area contributed by atoms with Gasteiger partial charge in [-0.2, -0.15) is 0 Å². The van der Waals surface area contributed by atoms with Gasteiger partial charge in [0, 0.05) is 18.3 Å². The van der Waals surface area contributed by atoms with E-state index in [2.05, 4.69) is 21.2 Å². The van der Waals surface area contributed by atoms with Crippen molar-refractivity contribution in [2.24, 2.45) is 0 Å². The highest BCUT2D eigenvalue weighted by Crippen LogP contribution is 2.35. The summed E-state index contributed by atoms with van der Waals surface area (Å²) in [6.07, 6.45) is 0.809. The summed E-state index contributed by atoms with van der Waals surface area (Å²) in [5.41, 5.74) is 2.18. The average molecular weight is 435 g/mol. The molecule has 6 nitrogen and oxygen atoms in total. The SMILES string of the molecule is CCc1ccccc1NC(=O)CN(C)C(=O)c1cc(OC)c(Br)c(OC)c1. The van der Waals surface area contributed by atoms with Crippen LogP contribution in [-0.4, -0.2) is 44.5 Å². The van der Waals surface area contributed by atoms with Gasteiger partial charge in [-0.05, 0) is 46.1 Å². The van der Waals surface area contributed by atoms with Crippen LogP contribution in [0.4, 0.5) is 5.69 Å². The Morgan fingerprint density at radius 2 is 1.70 bits per heavy atom. The summed E-state index contributed by atoms with van der Waals surface area (Å²) < 4.78 is 11.2. The summed E-state index contributed by atoms with van der Waals surface area (Å²) in [5, 5.41) is 2.86. The molecule has 2 aromatic carbocycles. The van der Waals surface area contributed by atoms with E-state index < -0.39 is 0 Å². The van der Waals surface area contributed by atoms with Crippen LogP contribution in [0.2, 0.25) is 0 Å². The summed E-state index contributed by atoms with van der Waals surface area (Å²) in [7, 11) is 4.60. The maximum atomic E-state index is 12.7. The maximum Gasteiger partial charge on any atom is 0.254 e. The fourth-order valence-electron chi connectivity index (χ4n) is 2.64. The number of carbonyl (C=O) groups excluding carboxylic acids is 2. The third-order valence-corrected chi connectivity index (χ3v) is 4.87. The van der Waals surface area contributed by atoms with E-state index in [1.807, 2.05) is 31.2 Å². The summed E-state index contributed by atoms with van der Waals surface area (Å²) >= 11 is 3.37. The summed E-state index contributed by atoms with van der Waals surface area (Å²) in [6, 6.07) is 10.8. The summed E-state index contributed by atoms with van der Waals surface area (Å²) in [6.45, 7) is 1.95. The molecule has 0 aliphatic heterocycles. The standard InChI is InChI=1S/C20H23BrN2O4/c1-5-13-8-6-7-9-15(13)22-18(24)12-23(2)20(25)14-10-16(26-3)19(21)17(11-14)27-4/h6-11H,5,12H2,1-4H3,(H,22,24). The van der Waals surface area contributed by atoms with Gasteiger partial charge in [-0.25, -0.2) is 0 Å². The number of halogens is 1. The van der Waals surface area contributed by atoms with E-state index in [9.17, 15) is 9.59 Å². The number of carbonyl (C=O) groups is 2. The fourth-order valence-corrected chi connectivity index (χ4v) is 3.19. The second kappa shape index (κ2) is 9.41. The molecule has 0 unspecified atom stereocenters. The van der Waals surface area contributed by atoms with Crippen LogP contribution in [0.25, 0.3) is 0 Å². The molecule has 144 valence electrons. The van der Waals surface area contributed by atoms with Gasteiger partial charge in [-0.1, -0.05) is 25.1 Å². The highest BCUT2D eigenvalue weighted by molar-refractivity contribution is 9.10. The van der Waals surface area contributed by atoms with Gasteiger partial charge in [0.25, 0.3) is 5.91 Å². The molecule has 7 heteroatoms. The number of hydrogen-bond acceptors (Lipinski definition) is 4. The van der Waals surface area contributed by atoms with Crippen LogP contribution in [0.5, 0.6) is 11.5 Å². The molecule has 0 aliphatic carbocycles. The second-order valence-corrected chi connectivity index (χ2v) is 6.71. The highest BCUT2D eigenvalue weighted by atomic mass is 79.9. The summed E-state index contributed by atoms with van der Waals surface area (Å²) in [5.74, 6) is 0.390. The molecular formula is C20H23BrN2O4. The van der Waals surface area contributed by atoms with E-state index in [1.165, 1.54) is 19.1 Å². The first-order chi connectivity index (χ1) is 12.9. The lowest BCUT2D eigenvalue weighted by Gasteiger charge is -2.19. The molecule has 0 radical (unpaired) electrons. The van der Waals surface area contributed by atoms with E-state index >= 15 is 0 Å². The molecule has 0 heterocycles. The Hall–Kier alpha value is -2.54. The van der Waals surface area contributed by atoms with Crippen LogP contribution in [0.3, 0.4) is 0 Å². The first kappa shape index (κ1) is 20.8. The number of anilines is 1. The molecule has 2 rings (SSSR count). The monoisotopic (exact) mass is 434 g/mol. The molecule has 0 spiro atoms. The minimum absolute atomic E-state index is 0.0718. The second-order valence-electron chi connectivity index (χ2n) is 5.91. The maximum absolute atomic E-state index is 12.7. The van der Waals surface area contributed by atoms with Crippen LogP contribution in [0.1, 0.15) is 22.8 Å². The Balaban J connectivity index is 2.12. The number of nitrogens with zero attached hydrogens (tertiary/aromatic N) is 1. The zero-order chi connectivity index (χ0) is 20.0. The van der Waals surface area contributed by atoms with Crippen molar-refractivity contribution in [3.05, 3.63) is 52.0 Å². The molecule has 0 saturated carbocycles. The van der Waals surface area contributed by atoms with Crippen molar-refractivity contribution in [3.8, 4) is 11.5 Å². The number of para-hydroxylation sites is 1. The quantitative estimate of drug-likeness (QED) is 0.720. The summed E-state index contributed by atoms with van der Waals surface area (Å²) in [4.78, 5) is 26.4. The predicted molar refractivity (Wildman–Crippen MR) is 109 cm³/mol. The molecule has 0 aromatic heterocycles. The Morgan fingerprint density at radius 1 is 1.11 bits per heavy atom. The van der Waals surface area contributed by atoms with E-state index in [0.29, 0.717) is 21.5 Å². The smallest absolute Gasteiger partial charge is 0.254 e. The van der Waals surface area contributed by atoms with Crippen molar-refractivity contribution in [2.75, 3.05) is 33.1 Å². The molecule has 1 N–H and O–H groups in total. The number of methoxy groups -OCH3 is 2. The van der Waals surface area contributed by atoms with E-state index in [0.717, 1.165) is 17.7 Å². The number of rotatable bonds is 7. The van der Waals surface area contributed by atoms with E-state index in [4.69, 9.17) is 9.47 Å². The van der Waals surface area contributed by atoms with Crippen molar-refractivity contribution in [3.63, 3.8) is 0 Å². The lowest BCUT2D eigenvalue weighted by molar-refractivity contribution is -0.116. The van der Waals surface area contributed by atoms with Gasteiger partial charge in [0.15, 0.2) is 0 Å². The molecule has 0 fully saturated rings. The van der Waals surface area contributed by atoms with Crippen LogP contribution >= 0.6 is 15.9 Å². The third-order valence-electron chi connectivity index (χ3n) is 4.09.